The molecule has 0 unspecified atom stereocenters. The van der Waals surface area contributed by atoms with E-state index in [2.05, 4.69) is 47.9 Å². The van der Waals surface area contributed by atoms with Crippen molar-refractivity contribution in [2.45, 2.75) is 32.9 Å². The minimum atomic E-state index is 0.435. The lowest BCUT2D eigenvalue weighted by molar-refractivity contribution is 0.181. The van der Waals surface area contributed by atoms with Gasteiger partial charge in [-0.15, -0.1) is 0 Å². The van der Waals surface area contributed by atoms with Gasteiger partial charge >= 0.3 is 0 Å². The Hall–Kier alpha value is -2.13. The van der Waals surface area contributed by atoms with E-state index >= 15 is 0 Å². The first-order valence-electron chi connectivity index (χ1n) is 9.53. The van der Waals surface area contributed by atoms with Crippen molar-refractivity contribution in [2.75, 3.05) is 24.5 Å². The SMILES string of the molecule is Cc1cc(CC#N)cc(CN2CCN(c3nc4ccc(Cl)cc4s3)C[C@@H]2C)c1. The number of benzene rings is 2. The van der Waals surface area contributed by atoms with Gasteiger partial charge in [-0.2, -0.15) is 5.26 Å². The summed E-state index contributed by atoms with van der Waals surface area (Å²) in [7, 11) is 0. The smallest absolute Gasteiger partial charge is 0.186 e. The van der Waals surface area contributed by atoms with Crippen LogP contribution in [0.2, 0.25) is 5.02 Å². The molecule has 2 heterocycles. The van der Waals surface area contributed by atoms with E-state index in [0.717, 1.165) is 52.1 Å². The van der Waals surface area contributed by atoms with Crippen molar-refractivity contribution < 1.29 is 0 Å². The molecule has 28 heavy (non-hydrogen) atoms. The fourth-order valence-corrected chi connectivity index (χ4v) is 5.17. The first kappa shape index (κ1) is 19.2. The molecule has 0 spiro atoms. The number of piperazine rings is 1. The second-order valence-electron chi connectivity index (χ2n) is 7.54. The molecule has 6 heteroatoms. The summed E-state index contributed by atoms with van der Waals surface area (Å²) >= 11 is 7.83. The van der Waals surface area contributed by atoms with Crippen LogP contribution in [0, 0.1) is 18.3 Å². The Morgan fingerprint density at radius 1 is 1.21 bits per heavy atom. The molecular formula is C22H23ClN4S. The number of nitriles is 1. The molecule has 1 atom stereocenters. The van der Waals surface area contributed by atoms with Crippen LogP contribution in [0.15, 0.2) is 36.4 Å². The van der Waals surface area contributed by atoms with Crippen molar-refractivity contribution in [3.05, 3.63) is 58.1 Å². The fourth-order valence-electron chi connectivity index (χ4n) is 3.89. The zero-order chi connectivity index (χ0) is 19.7. The molecule has 144 valence electrons. The number of nitrogens with zero attached hydrogens (tertiary/aromatic N) is 4. The van der Waals surface area contributed by atoms with Crippen LogP contribution in [0.5, 0.6) is 0 Å². The van der Waals surface area contributed by atoms with E-state index in [1.807, 2.05) is 18.2 Å². The van der Waals surface area contributed by atoms with Gasteiger partial charge in [0, 0.05) is 37.2 Å². The molecule has 2 aromatic carbocycles. The summed E-state index contributed by atoms with van der Waals surface area (Å²) in [4.78, 5) is 9.71. The zero-order valence-electron chi connectivity index (χ0n) is 16.2. The summed E-state index contributed by atoms with van der Waals surface area (Å²) in [5.74, 6) is 0. The van der Waals surface area contributed by atoms with Crippen molar-refractivity contribution in [3.63, 3.8) is 0 Å². The van der Waals surface area contributed by atoms with Gasteiger partial charge in [0.05, 0.1) is 22.7 Å². The Morgan fingerprint density at radius 2 is 2.04 bits per heavy atom. The van der Waals surface area contributed by atoms with Crippen LogP contribution in [0.25, 0.3) is 10.2 Å². The van der Waals surface area contributed by atoms with Crippen molar-refractivity contribution in [1.29, 1.82) is 5.26 Å². The lowest BCUT2D eigenvalue weighted by Gasteiger charge is -2.39. The van der Waals surface area contributed by atoms with Gasteiger partial charge in [0.1, 0.15) is 0 Å². The number of thiazole rings is 1. The zero-order valence-corrected chi connectivity index (χ0v) is 17.7. The Balaban J connectivity index is 1.46. The quantitative estimate of drug-likeness (QED) is 0.604. The largest absolute Gasteiger partial charge is 0.345 e. The third-order valence-electron chi connectivity index (χ3n) is 5.24. The highest BCUT2D eigenvalue weighted by Crippen LogP contribution is 2.32. The summed E-state index contributed by atoms with van der Waals surface area (Å²) < 4.78 is 1.14. The lowest BCUT2D eigenvalue weighted by Crippen LogP contribution is -2.51. The standard InChI is InChI=1S/C22H23ClN4S/c1-15-9-17(5-6-24)11-18(10-15)14-26-7-8-27(13-16(26)2)22-25-20-4-3-19(23)12-21(20)28-22/h3-4,9-12,16H,5,7-8,13-14H2,1-2H3/t16-/m0/s1. The maximum atomic E-state index is 8.99. The second kappa shape index (κ2) is 8.08. The summed E-state index contributed by atoms with van der Waals surface area (Å²) in [5, 5.41) is 10.8. The number of aryl methyl sites for hydroxylation is 1. The van der Waals surface area contributed by atoms with Crippen LogP contribution in [0.1, 0.15) is 23.6 Å². The van der Waals surface area contributed by atoms with Crippen LogP contribution in [0.4, 0.5) is 5.13 Å². The van der Waals surface area contributed by atoms with Crippen LogP contribution >= 0.6 is 22.9 Å². The van der Waals surface area contributed by atoms with Crippen molar-refractivity contribution in [2.24, 2.45) is 0 Å². The molecular weight excluding hydrogens is 388 g/mol. The summed E-state index contributed by atoms with van der Waals surface area (Å²) in [5.41, 5.74) is 4.64. The van der Waals surface area contributed by atoms with E-state index in [1.54, 1.807) is 11.3 Å². The average Bonchev–Trinajstić information content (AvgIpc) is 3.06. The molecule has 1 aliphatic heterocycles. The van der Waals surface area contributed by atoms with Gasteiger partial charge in [-0.3, -0.25) is 4.90 Å². The topological polar surface area (TPSA) is 43.2 Å². The normalized spacial score (nSPS) is 17.8. The number of halogens is 1. The van der Waals surface area contributed by atoms with Gasteiger partial charge in [-0.25, -0.2) is 4.98 Å². The number of anilines is 1. The molecule has 0 saturated carbocycles. The highest BCUT2D eigenvalue weighted by molar-refractivity contribution is 7.22. The molecule has 1 fully saturated rings. The molecule has 1 saturated heterocycles. The first-order valence-corrected chi connectivity index (χ1v) is 10.7. The van der Waals surface area contributed by atoms with Gasteiger partial charge in [-0.05, 0) is 43.2 Å². The van der Waals surface area contributed by atoms with E-state index in [-0.39, 0.29) is 0 Å². The third kappa shape index (κ3) is 4.15. The lowest BCUT2D eigenvalue weighted by atomic mass is 10.0. The molecule has 1 aliphatic rings. The van der Waals surface area contributed by atoms with Crippen LogP contribution < -0.4 is 4.90 Å². The monoisotopic (exact) mass is 410 g/mol. The van der Waals surface area contributed by atoms with Crippen molar-refractivity contribution in [1.82, 2.24) is 9.88 Å². The number of aromatic nitrogens is 1. The van der Waals surface area contributed by atoms with Crippen LogP contribution in [0.3, 0.4) is 0 Å². The van der Waals surface area contributed by atoms with Crippen LogP contribution in [-0.2, 0) is 13.0 Å². The number of hydrogen-bond acceptors (Lipinski definition) is 5. The Morgan fingerprint density at radius 3 is 2.82 bits per heavy atom. The van der Waals surface area contributed by atoms with Crippen molar-refractivity contribution >= 4 is 38.3 Å². The molecule has 0 bridgehead atoms. The highest BCUT2D eigenvalue weighted by Gasteiger charge is 2.25. The second-order valence-corrected chi connectivity index (χ2v) is 8.98. The Labute approximate surface area is 175 Å². The summed E-state index contributed by atoms with van der Waals surface area (Å²) in [6.07, 6.45) is 0.472. The predicted molar refractivity (Wildman–Crippen MR) is 117 cm³/mol. The van der Waals surface area contributed by atoms with Crippen molar-refractivity contribution in [3.8, 4) is 6.07 Å². The van der Waals surface area contributed by atoms with E-state index in [4.69, 9.17) is 21.8 Å². The molecule has 0 amide bonds. The van der Waals surface area contributed by atoms with E-state index in [0.29, 0.717) is 12.5 Å². The summed E-state index contributed by atoms with van der Waals surface area (Å²) in [6.45, 7) is 8.23. The number of rotatable bonds is 4. The molecule has 0 N–H and O–H groups in total. The minimum Gasteiger partial charge on any atom is -0.345 e. The molecule has 0 radical (unpaired) electrons. The predicted octanol–water partition coefficient (Wildman–Crippen LogP) is 5.03. The number of hydrogen-bond donors (Lipinski definition) is 0. The van der Waals surface area contributed by atoms with E-state index < -0.39 is 0 Å². The van der Waals surface area contributed by atoms with Gasteiger partial charge in [0.15, 0.2) is 5.13 Å². The van der Waals surface area contributed by atoms with E-state index in [9.17, 15) is 0 Å². The number of fused-ring (bicyclic) bond motifs is 1. The Kier molecular flexibility index (Phi) is 5.54. The summed E-state index contributed by atoms with van der Waals surface area (Å²) in [6, 6.07) is 15.1. The molecule has 4 nitrogen and oxygen atoms in total. The molecule has 1 aromatic heterocycles. The average molecular weight is 411 g/mol. The highest BCUT2D eigenvalue weighted by atomic mass is 35.5. The molecule has 4 rings (SSSR count). The molecule has 3 aromatic rings. The minimum absolute atomic E-state index is 0.435. The maximum absolute atomic E-state index is 8.99. The van der Waals surface area contributed by atoms with Crippen LogP contribution in [-0.4, -0.2) is 35.6 Å². The van der Waals surface area contributed by atoms with Gasteiger partial charge in [0.25, 0.3) is 0 Å². The first-order chi connectivity index (χ1) is 13.5. The maximum Gasteiger partial charge on any atom is 0.186 e. The molecule has 0 aliphatic carbocycles. The fraction of sp³-hybridized carbons (Fsp3) is 0.364. The van der Waals surface area contributed by atoms with E-state index in [1.165, 1.54) is 11.1 Å². The van der Waals surface area contributed by atoms with Gasteiger partial charge in [0.2, 0.25) is 0 Å². The van der Waals surface area contributed by atoms with Gasteiger partial charge < -0.3 is 4.90 Å². The third-order valence-corrected chi connectivity index (χ3v) is 6.55. The Bertz CT molecular complexity index is 1040. The van der Waals surface area contributed by atoms with Gasteiger partial charge in [-0.1, -0.05) is 46.7 Å².